The molecule has 1 aromatic rings. The van der Waals surface area contributed by atoms with Gasteiger partial charge in [-0.15, -0.1) is 0 Å². The summed E-state index contributed by atoms with van der Waals surface area (Å²) in [4.78, 5) is 24.1. The molecule has 1 aliphatic carbocycles. The van der Waals surface area contributed by atoms with Gasteiger partial charge in [-0.25, -0.2) is 0 Å². The number of carbonyl (C=O) groups is 2. The van der Waals surface area contributed by atoms with Crippen LogP contribution in [0.1, 0.15) is 36.5 Å². The van der Waals surface area contributed by atoms with E-state index in [1.165, 1.54) is 0 Å². The van der Waals surface area contributed by atoms with Crippen molar-refractivity contribution in [1.82, 2.24) is 10.6 Å². The molecule has 0 heterocycles. The highest BCUT2D eigenvalue weighted by molar-refractivity contribution is 5.97. The summed E-state index contributed by atoms with van der Waals surface area (Å²) in [6.07, 6.45) is 2.84. The molecule has 1 aliphatic rings. The van der Waals surface area contributed by atoms with Crippen LogP contribution in [-0.4, -0.2) is 35.6 Å². The molecule has 3 atom stereocenters. The van der Waals surface area contributed by atoms with Crippen molar-refractivity contribution >= 4 is 11.8 Å². The van der Waals surface area contributed by atoms with Crippen molar-refractivity contribution in [3.8, 4) is 0 Å². The molecular formula is C16H22N2O3. The first-order valence-electron chi connectivity index (χ1n) is 7.39. The number of benzene rings is 1. The SMILES string of the molecule is CC(NC(=O)c1ccccc1)C(=O)NC1CCCC1CO. The summed E-state index contributed by atoms with van der Waals surface area (Å²) >= 11 is 0. The highest BCUT2D eigenvalue weighted by Crippen LogP contribution is 2.25. The third kappa shape index (κ3) is 4.04. The molecule has 1 saturated carbocycles. The zero-order chi connectivity index (χ0) is 15.2. The van der Waals surface area contributed by atoms with E-state index in [1.807, 2.05) is 6.07 Å². The fraction of sp³-hybridized carbons (Fsp3) is 0.500. The maximum absolute atomic E-state index is 12.1. The molecule has 0 saturated heterocycles. The normalized spacial score (nSPS) is 22.6. The van der Waals surface area contributed by atoms with E-state index in [-0.39, 0.29) is 30.4 Å². The molecule has 3 N–H and O–H groups in total. The molecule has 0 bridgehead atoms. The number of hydrogen-bond donors (Lipinski definition) is 3. The molecule has 3 unspecified atom stereocenters. The van der Waals surface area contributed by atoms with Gasteiger partial charge in [-0.2, -0.15) is 0 Å². The minimum atomic E-state index is -0.599. The van der Waals surface area contributed by atoms with Crippen molar-refractivity contribution in [2.45, 2.75) is 38.3 Å². The predicted octanol–water partition coefficient (Wildman–Crippen LogP) is 1.08. The highest BCUT2D eigenvalue weighted by atomic mass is 16.3. The van der Waals surface area contributed by atoms with Crippen LogP contribution in [0, 0.1) is 5.92 Å². The maximum Gasteiger partial charge on any atom is 0.251 e. The Hall–Kier alpha value is -1.88. The third-order valence-corrected chi connectivity index (χ3v) is 4.00. The molecule has 0 aromatic heterocycles. The van der Waals surface area contributed by atoms with Gasteiger partial charge in [0.25, 0.3) is 5.91 Å². The van der Waals surface area contributed by atoms with Crippen molar-refractivity contribution in [1.29, 1.82) is 0 Å². The van der Waals surface area contributed by atoms with E-state index < -0.39 is 6.04 Å². The van der Waals surface area contributed by atoms with Gasteiger partial charge in [0.2, 0.25) is 5.91 Å². The summed E-state index contributed by atoms with van der Waals surface area (Å²) in [6.45, 7) is 1.76. The number of rotatable bonds is 5. The van der Waals surface area contributed by atoms with Gasteiger partial charge in [0, 0.05) is 24.1 Å². The Morgan fingerprint density at radius 2 is 2.00 bits per heavy atom. The Labute approximate surface area is 124 Å². The zero-order valence-electron chi connectivity index (χ0n) is 12.2. The van der Waals surface area contributed by atoms with Gasteiger partial charge in [0.05, 0.1) is 0 Å². The first kappa shape index (κ1) is 15.5. The number of aliphatic hydroxyl groups is 1. The minimum Gasteiger partial charge on any atom is -0.396 e. The monoisotopic (exact) mass is 290 g/mol. The van der Waals surface area contributed by atoms with E-state index in [1.54, 1.807) is 31.2 Å². The predicted molar refractivity (Wildman–Crippen MR) is 79.7 cm³/mol. The molecule has 2 rings (SSSR count). The summed E-state index contributed by atoms with van der Waals surface area (Å²) in [7, 11) is 0. The van der Waals surface area contributed by atoms with Crippen LogP contribution in [0.2, 0.25) is 0 Å². The number of hydrogen-bond acceptors (Lipinski definition) is 3. The smallest absolute Gasteiger partial charge is 0.251 e. The van der Waals surface area contributed by atoms with Crippen LogP contribution in [0.15, 0.2) is 30.3 Å². The topological polar surface area (TPSA) is 78.4 Å². The minimum absolute atomic E-state index is 0.0126. The number of nitrogens with one attached hydrogen (secondary N) is 2. The number of carbonyl (C=O) groups excluding carboxylic acids is 2. The Morgan fingerprint density at radius 3 is 2.67 bits per heavy atom. The number of amides is 2. The van der Waals surface area contributed by atoms with E-state index in [0.29, 0.717) is 5.56 Å². The van der Waals surface area contributed by atoms with E-state index >= 15 is 0 Å². The van der Waals surface area contributed by atoms with Gasteiger partial charge in [-0.3, -0.25) is 9.59 Å². The molecule has 1 aromatic carbocycles. The second-order valence-corrected chi connectivity index (χ2v) is 5.55. The van der Waals surface area contributed by atoms with Crippen LogP contribution in [0.25, 0.3) is 0 Å². The molecule has 0 radical (unpaired) electrons. The van der Waals surface area contributed by atoms with Gasteiger partial charge in [-0.1, -0.05) is 24.6 Å². The molecule has 5 nitrogen and oxygen atoms in total. The van der Waals surface area contributed by atoms with Gasteiger partial charge in [-0.05, 0) is 31.9 Å². The summed E-state index contributed by atoms with van der Waals surface area (Å²) in [6, 6.07) is 8.23. The Bertz CT molecular complexity index is 490. The second-order valence-electron chi connectivity index (χ2n) is 5.55. The van der Waals surface area contributed by atoms with Crippen molar-refractivity contribution in [2.75, 3.05) is 6.61 Å². The summed E-state index contributed by atoms with van der Waals surface area (Å²) in [5.41, 5.74) is 0.534. The van der Waals surface area contributed by atoms with Gasteiger partial charge < -0.3 is 15.7 Å². The fourth-order valence-electron chi connectivity index (χ4n) is 2.69. The zero-order valence-corrected chi connectivity index (χ0v) is 12.2. The quantitative estimate of drug-likeness (QED) is 0.759. The Balaban J connectivity index is 1.86. The van der Waals surface area contributed by atoms with Crippen LogP contribution in [0.3, 0.4) is 0 Å². The van der Waals surface area contributed by atoms with Crippen LogP contribution in [-0.2, 0) is 4.79 Å². The fourth-order valence-corrected chi connectivity index (χ4v) is 2.69. The Morgan fingerprint density at radius 1 is 1.29 bits per heavy atom. The van der Waals surface area contributed by atoms with Crippen molar-refractivity contribution < 1.29 is 14.7 Å². The van der Waals surface area contributed by atoms with Gasteiger partial charge in [0.15, 0.2) is 0 Å². The van der Waals surface area contributed by atoms with Crippen LogP contribution < -0.4 is 10.6 Å². The largest absolute Gasteiger partial charge is 0.396 e. The first-order chi connectivity index (χ1) is 10.1. The number of aliphatic hydroxyl groups excluding tert-OH is 1. The lowest BCUT2D eigenvalue weighted by Crippen LogP contribution is -2.49. The molecular weight excluding hydrogens is 268 g/mol. The Kier molecular flexibility index (Phi) is 5.33. The van der Waals surface area contributed by atoms with Gasteiger partial charge in [0.1, 0.15) is 6.04 Å². The lowest BCUT2D eigenvalue weighted by molar-refractivity contribution is -0.123. The second kappa shape index (κ2) is 7.22. The molecule has 1 fully saturated rings. The van der Waals surface area contributed by atoms with Crippen LogP contribution >= 0.6 is 0 Å². The summed E-state index contributed by atoms with van der Waals surface area (Å²) < 4.78 is 0. The van der Waals surface area contributed by atoms with Crippen molar-refractivity contribution in [2.24, 2.45) is 5.92 Å². The molecule has 21 heavy (non-hydrogen) atoms. The van der Waals surface area contributed by atoms with Crippen molar-refractivity contribution in [3.63, 3.8) is 0 Å². The van der Waals surface area contributed by atoms with Crippen molar-refractivity contribution in [3.05, 3.63) is 35.9 Å². The molecule has 0 spiro atoms. The summed E-state index contributed by atoms with van der Waals surface area (Å²) in [5.74, 6) is -0.334. The maximum atomic E-state index is 12.1. The van der Waals surface area contributed by atoms with Crippen LogP contribution in [0.5, 0.6) is 0 Å². The van der Waals surface area contributed by atoms with Crippen LogP contribution in [0.4, 0.5) is 0 Å². The first-order valence-corrected chi connectivity index (χ1v) is 7.39. The summed E-state index contributed by atoms with van der Waals surface area (Å²) in [5, 5.41) is 14.9. The lowest BCUT2D eigenvalue weighted by Gasteiger charge is -2.22. The molecule has 0 aliphatic heterocycles. The van der Waals surface area contributed by atoms with Gasteiger partial charge >= 0.3 is 0 Å². The average molecular weight is 290 g/mol. The van der Waals surface area contributed by atoms with E-state index in [0.717, 1.165) is 19.3 Å². The third-order valence-electron chi connectivity index (χ3n) is 4.00. The molecule has 5 heteroatoms. The van der Waals surface area contributed by atoms with E-state index in [4.69, 9.17) is 0 Å². The molecule has 114 valence electrons. The molecule has 2 amide bonds. The highest BCUT2D eigenvalue weighted by Gasteiger charge is 2.29. The standard InChI is InChI=1S/C16H22N2O3/c1-11(17-16(21)12-6-3-2-4-7-12)15(20)18-14-9-5-8-13(14)10-19/h2-4,6-7,11,13-14,19H,5,8-10H2,1H3,(H,17,21)(H,18,20). The lowest BCUT2D eigenvalue weighted by atomic mass is 10.0. The van der Waals surface area contributed by atoms with E-state index in [9.17, 15) is 14.7 Å². The average Bonchev–Trinajstić information content (AvgIpc) is 2.95. The van der Waals surface area contributed by atoms with E-state index in [2.05, 4.69) is 10.6 Å².